The maximum atomic E-state index is 12.3. The summed E-state index contributed by atoms with van der Waals surface area (Å²) in [6.45, 7) is 5.64. The van der Waals surface area contributed by atoms with Gasteiger partial charge in [-0.25, -0.2) is 0 Å². The molecule has 1 heterocycles. The Hall–Kier alpha value is -1.88. The summed E-state index contributed by atoms with van der Waals surface area (Å²) in [7, 11) is 0. The monoisotopic (exact) mass is 290 g/mol. The number of nitrogens with zero attached hydrogens (tertiary/aromatic N) is 1. The Morgan fingerprint density at radius 1 is 1.38 bits per heavy atom. The van der Waals surface area contributed by atoms with E-state index in [9.17, 15) is 9.59 Å². The molecule has 0 saturated carbocycles. The van der Waals surface area contributed by atoms with E-state index in [1.807, 2.05) is 38.1 Å². The lowest BCUT2D eigenvalue weighted by atomic mass is 10.1. The van der Waals surface area contributed by atoms with Gasteiger partial charge >= 0.3 is 0 Å². The molecule has 0 spiro atoms. The van der Waals surface area contributed by atoms with Crippen LogP contribution in [0, 0.1) is 6.92 Å². The predicted molar refractivity (Wildman–Crippen MR) is 79.6 cm³/mol. The maximum Gasteiger partial charge on any atom is 0.246 e. The predicted octanol–water partition coefficient (Wildman–Crippen LogP) is 1.25. The Bertz CT molecular complexity index is 499. The fraction of sp³-hybridized carbons (Fsp3) is 0.500. The molecule has 1 aliphatic heterocycles. The van der Waals surface area contributed by atoms with Crippen LogP contribution in [0.3, 0.4) is 0 Å². The van der Waals surface area contributed by atoms with Crippen LogP contribution >= 0.6 is 0 Å². The van der Waals surface area contributed by atoms with Crippen molar-refractivity contribution < 1.29 is 14.3 Å². The van der Waals surface area contributed by atoms with E-state index in [4.69, 9.17) is 4.74 Å². The Morgan fingerprint density at radius 2 is 2.10 bits per heavy atom. The highest BCUT2D eigenvalue weighted by Crippen LogP contribution is 2.15. The summed E-state index contributed by atoms with van der Waals surface area (Å²) in [5.74, 6) is -0.243. The van der Waals surface area contributed by atoms with E-state index in [2.05, 4.69) is 5.32 Å². The van der Waals surface area contributed by atoms with Crippen molar-refractivity contribution in [1.29, 1.82) is 0 Å². The normalized spacial score (nSPS) is 18.1. The second-order valence-corrected chi connectivity index (χ2v) is 5.29. The highest BCUT2D eigenvalue weighted by atomic mass is 16.5. The lowest BCUT2D eigenvalue weighted by Crippen LogP contribution is -2.42. The van der Waals surface area contributed by atoms with Crippen LogP contribution in [0.5, 0.6) is 0 Å². The van der Waals surface area contributed by atoms with E-state index in [-0.39, 0.29) is 18.4 Å². The van der Waals surface area contributed by atoms with Crippen LogP contribution in [0.2, 0.25) is 0 Å². The Kier molecular flexibility index (Phi) is 5.33. The van der Waals surface area contributed by atoms with Gasteiger partial charge in [0, 0.05) is 19.7 Å². The van der Waals surface area contributed by atoms with Gasteiger partial charge in [0.1, 0.15) is 12.6 Å². The zero-order valence-electron chi connectivity index (χ0n) is 12.6. The maximum absolute atomic E-state index is 12.3. The first-order chi connectivity index (χ1) is 10.1. The molecule has 0 radical (unpaired) electrons. The molecule has 5 nitrogen and oxygen atoms in total. The third kappa shape index (κ3) is 4.29. The van der Waals surface area contributed by atoms with Gasteiger partial charge in [0.2, 0.25) is 11.8 Å². The molecule has 0 aromatic heterocycles. The number of nitrogens with one attached hydrogen (secondary N) is 1. The molecule has 0 bridgehead atoms. The van der Waals surface area contributed by atoms with Crippen LogP contribution in [0.25, 0.3) is 0 Å². The Labute approximate surface area is 125 Å². The fourth-order valence-corrected chi connectivity index (χ4v) is 2.37. The quantitative estimate of drug-likeness (QED) is 0.858. The molecular weight excluding hydrogens is 268 g/mol. The van der Waals surface area contributed by atoms with Crippen molar-refractivity contribution in [2.24, 2.45) is 0 Å². The largest absolute Gasteiger partial charge is 0.372 e. The minimum Gasteiger partial charge on any atom is -0.372 e. The fourth-order valence-electron chi connectivity index (χ4n) is 2.37. The van der Waals surface area contributed by atoms with E-state index in [0.29, 0.717) is 26.1 Å². The van der Waals surface area contributed by atoms with Crippen LogP contribution in [0.15, 0.2) is 24.3 Å². The molecule has 1 saturated heterocycles. The zero-order valence-corrected chi connectivity index (χ0v) is 12.6. The number of ether oxygens (including phenoxy) is 1. The van der Waals surface area contributed by atoms with E-state index in [0.717, 1.165) is 5.56 Å². The molecule has 114 valence electrons. The Morgan fingerprint density at radius 3 is 2.76 bits per heavy atom. The molecule has 5 heteroatoms. The summed E-state index contributed by atoms with van der Waals surface area (Å²) in [5.41, 5.74) is 2.31. The number of aryl methyl sites for hydroxylation is 1. The first-order valence-corrected chi connectivity index (χ1v) is 7.31. The van der Waals surface area contributed by atoms with Gasteiger partial charge in [0.25, 0.3) is 0 Å². The molecule has 21 heavy (non-hydrogen) atoms. The summed E-state index contributed by atoms with van der Waals surface area (Å²) >= 11 is 0. The van der Waals surface area contributed by atoms with Gasteiger partial charge < -0.3 is 15.0 Å². The number of hydrogen-bond acceptors (Lipinski definition) is 3. The first kappa shape index (κ1) is 15.5. The van der Waals surface area contributed by atoms with Crippen molar-refractivity contribution in [2.45, 2.75) is 32.9 Å². The van der Waals surface area contributed by atoms with Crippen molar-refractivity contribution in [2.75, 3.05) is 19.8 Å². The average molecular weight is 290 g/mol. The topological polar surface area (TPSA) is 58.6 Å². The number of rotatable bonds is 6. The smallest absolute Gasteiger partial charge is 0.246 e. The van der Waals surface area contributed by atoms with Crippen LogP contribution in [-0.4, -0.2) is 42.5 Å². The molecule has 0 aliphatic carbocycles. The number of benzene rings is 1. The Balaban J connectivity index is 1.86. The molecule has 1 aromatic rings. The standard InChI is InChI=1S/C16H22N2O3/c1-3-21-11-15(19)17-14-8-9-18(16(14)20)10-13-6-4-12(2)5-7-13/h4-7,14H,3,8-11H2,1-2H3,(H,17,19)/t14-/m0/s1. The van der Waals surface area contributed by atoms with Gasteiger partial charge in [0.05, 0.1) is 0 Å². The lowest BCUT2D eigenvalue weighted by molar-refractivity contribution is -0.134. The number of carbonyl (C=O) groups is 2. The second kappa shape index (κ2) is 7.22. The second-order valence-electron chi connectivity index (χ2n) is 5.29. The van der Waals surface area contributed by atoms with Gasteiger partial charge in [-0.15, -0.1) is 0 Å². The van der Waals surface area contributed by atoms with E-state index in [1.54, 1.807) is 4.90 Å². The molecule has 0 unspecified atom stereocenters. The minimum atomic E-state index is -0.414. The van der Waals surface area contributed by atoms with E-state index >= 15 is 0 Å². The van der Waals surface area contributed by atoms with Gasteiger partial charge in [-0.3, -0.25) is 9.59 Å². The van der Waals surface area contributed by atoms with Gasteiger partial charge in [0.15, 0.2) is 0 Å². The van der Waals surface area contributed by atoms with Crippen LogP contribution in [0.4, 0.5) is 0 Å². The van der Waals surface area contributed by atoms with Gasteiger partial charge in [-0.05, 0) is 25.8 Å². The molecule has 1 fully saturated rings. The van der Waals surface area contributed by atoms with Crippen molar-refractivity contribution in [3.05, 3.63) is 35.4 Å². The summed E-state index contributed by atoms with van der Waals surface area (Å²) in [6, 6.07) is 7.73. The highest BCUT2D eigenvalue weighted by molar-refractivity contribution is 5.89. The van der Waals surface area contributed by atoms with Crippen molar-refractivity contribution in [1.82, 2.24) is 10.2 Å². The third-order valence-electron chi connectivity index (χ3n) is 3.56. The molecule has 2 amide bonds. The minimum absolute atomic E-state index is 0.0121. The molecule has 1 aliphatic rings. The van der Waals surface area contributed by atoms with E-state index in [1.165, 1.54) is 5.56 Å². The third-order valence-corrected chi connectivity index (χ3v) is 3.56. The average Bonchev–Trinajstić information content (AvgIpc) is 2.80. The molecule has 2 rings (SSSR count). The van der Waals surface area contributed by atoms with E-state index < -0.39 is 6.04 Å². The van der Waals surface area contributed by atoms with Gasteiger partial charge in [-0.1, -0.05) is 29.8 Å². The van der Waals surface area contributed by atoms with Crippen LogP contribution in [0.1, 0.15) is 24.5 Å². The molecule has 1 aromatic carbocycles. The highest BCUT2D eigenvalue weighted by Gasteiger charge is 2.32. The van der Waals surface area contributed by atoms with Gasteiger partial charge in [-0.2, -0.15) is 0 Å². The number of carbonyl (C=O) groups excluding carboxylic acids is 2. The number of amides is 2. The first-order valence-electron chi connectivity index (χ1n) is 7.31. The van der Waals surface area contributed by atoms with Crippen molar-refractivity contribution in [3.8, 4) is 0 Å². The molecular formula is C16H22N2O3. The summed E-state index contributed by atoms with van der Waals surface area (Å²) in [6.07, 6.45) is 0.655. The lowest BCUT2D eigenvalue weighted by Gasteiger charge is -2.17. The number of hydrogen-bond donors (Lipinski definition) is 1. The van der Waals surface area contributed by atoms with Crippen LogP contribution in [-0.2, 0) is 20.9 Å². The molecule has 1 N–H and O–H groups in total. The number of likely N-dealkylation sites (tertiary alicyclic amines) is 1. The van der Waals surface area contributed by atoms with Crippen molar-refractivity contribution in [3.63, 3.8) is 0 Å². The SMILES string of the molecule is CCOCC(=O)N[C@H]1CCN(Cc2ccc(C)cc2)C1=O. The molecule has 1 atom stereocenters. The summed E-state index contributed by atoms with van der Waals surface area (Å²) in [5, 5.41) is 2.73. The summed E-state index contributed by atoms with van der Waals surface area (Å²) < 4.78 is 5.04. The van der Waals surface area contributed by atoms with Crippen molar-refractivity contribution >= 4 is 11.8 Å². The van der Waals surface area contributed by atoms with Crippen LogP contribution < -0.4 is 5.32 Å². The zero-order chi connectivity index (χ0) is 15.2. The summed E-state index contributed by atoms with van der Waals surface area (Å²) in [4.78, 5) is 25.6.